The molecule has 0 aliphatic rings. The molecule has 0 bridgehead atoms. The van der Waals surface area contributed by atoms with Crippen molar-refractivity contribution in [1.29, 1.82) is 0 Å². The second kappa shape index (κ2) is 15.8. The van der Waals surface area contributed by atoms with Crippen LogP contribution in [-0.2, 0) is 4.74 Å². The first kappa shape index (κ1) is 10.8. The van der Waals surface area contributed by atoms with Gasteiger partial charge in [-0.1, -0.05) is 0 Å². The minimum absolute atomic E-state index is 0.844. The molecule has 0 aromatic carbocycles. The Morgan fingerprint density at radius 1 is 1.38 bits per heavy atom. The van der Waals surface area contributed by atoms with Gasteiger partial charge in [-0.25, -0.2) is 0 Å². The van der Waals surface area contributed by atoms with Crippen molar-refractivity contribution in [1.82, 2.24) is 0 Å². The van der Waals surface area contributed by atoms with E-state index in [1.165, 1.54) is 0 Å². The molecular formula is C6H15O2. The fourth-order valence-corrected chi connectivity index (χ4v) is 0.204. The fraction of sp³-hybridized carbons (Fsp3) is 0.833. The molecule has 0 unspecified atom stereocenters. The maximum atomic E-state index is 7.44. The van der Waals surface area contributed by atoms with E-state index in [-0.39, 0.29) is 0 Å². The molecule has 1 N–H and O–H groups in total. The molecule has 0 aromatic heterocycles. The lowest BCUT2D eigenvalue weighted by Gasteiger charge is -1.86. The van der Waals surface area contributed by atoms with E-state index in [1.54, 1.807) is 6.92 Å². The van der Waals surface area contributed by atoms with Gasteiger partial charge < -0.3 is 9.84 Å². The summed E-state index contributed by atoms with van der Waals surface area (Å²) in [6.07, 6.45) is 0. The van der Waals surface area contributed by atoms with Crippen LogP contribution in [0.2, 0.25) is 0 Å². The summed E-state index contributed by atoms with van der Waals surface area (Å²) in [5.74, 6) is 0. The molecule has 0 heterocycles. The molecule has 0 fully saturated rings. The molecule has 2 heteroatoms. The molecule has 0 saturated heterocycles. The standard InChI is InChI=1S/C4H10O.C2H5O/c1-3-5-4-2;1-2-3/h3-4H2,1-2H3;2-3H,1H3. The Balaban J connectivity index is 0. The number of hydrogen-bond donors (Lipinski definition) is 1. The first-order chi connectivity index (χ1) is 3.83. The van der Waals surface area contributed by atoms with Crippen molar-refractivity contribution in [3.8, 4) is 0 Å². The lowest BCUT2D eigenvalue weighted by atomic mass is 10.8. The zero-order valence-corrected chi connectivity index (χ0v) is 5.85. The van der Waals surface area contributed by atoms with Crippen LogP contribution < -0.4 is 0 Å². The summed E-state index contributed by atoms with van der Waals surface area (Å²) in [4.78, 5) is 0. The van der Waals surface area contributed by atoms with E-state index in [2.05, 4.69) is 0 Å². The molecule has 8 heavy (non-hydrogen) atoms. The minimum atomic E-state index is 0.844. The Kier molecular flexibility index (Phi) is 21.3. The molecule has 0 aliphatic heterocycles. The monoisotopic (exact) mass is 119 g/mol. The van der Waals surface area contributed by atoms with E-state index in [0.29, 0.717) is 0 Å². The third-order valence-electron chi connectivity index (χ3n) is 0.408. The van der Waals surface area contributed by atoms with Crippen molar-refractivity contribution >= 4 is 0 Å². The van der Waals surface area contributed by atoms with Crippen molar-refractivity contribution in [2.45, 2.75) is 20.8 Å². The summed E-state index contributed by atoms with van der Waals surface area (Å²) in [5, 5.41) is 7.44. The molecule has 0 aliphatic carbocycles. The van der Waals surface area contributed by atoms with Gasteiger partial charge in [0.05, 0.1) is 6.61 Å². The summed E-state index contributed by atoms with van der Waals surface area (Å²) in [5.41, 5.74) is 0. The van der Waals surface area contributed by atoms with Gasteiger partial charge in [-0.15, -0.1) is 0 Å². The second-order valence-electron chi connectivity index (χ2n) is 1.04. The van der Waals surface area contributed by atoms with Gasteiger partial charge in [-0.05, 0) is 20.8 Å². The molecule has 0 saturated carbocycles. The third-order valence-corrected chi connectivity index (χ3v) is 0.408. The number of aliphatic hydroxyl groups excluding tert-OH is 1. The van der Waals surface area contributed by atoms with E-state index < -0.39 is 0 Å². The third kappa shape index (κ3) is 38.9. The predicted molar refractivity (Wildman–Crippen MR) is 34.1 cm³/mol. The van der Waals surface area contributed by atoms with Crippen LogP contribution in [0.5, 0.6) is 0 Å². The Hall–Kier alpha value is -0.0800. The smallest absolute Gasteiger partial charge is 0.0768 e. The van der Waals surface area contributed by atoms with Crippen molar-refractivity contribution in [3.63, 3.8) is 0 Å². The maximum Gasteiger partial charge on any atom is 0.0768 e. The van der Waals surface area contributed by atoms with Gasteiger partial charge in [0, 0.05) is 13.2 Å². The summed E-state index contributed by atoms with van der Waals surface area (Å²) in [7, 11) is 0. The average Bonchev–Trinajstić information content (AvgIpc) is 1.71. The molecule has 0 amide bonds. The Labute approximate surface area is 51.5 Å². The Morgan fingerprint density at radius 3 is 1.62 bits per heavy atom. The highest BCUT2D eigenvalue weighted by molar-refractivity contribution is 4.15. The molecule has 0 rings (SSSR count). The summed E-state index contributed by atoms with van der Waals surface area (Å²) >= 11 is 0. The summed E-state index contributed by atoms with van der Waals surface area (Å²) in [6, 6.07) is 0. The van der Waals surface area contributed by atoms with Crippen LogP contribution in [0.25, 0.3) is 0 Å². The number of hydrogen-bond acceptors (Lipinski definition) is 2. The van der Waals surface area contributed by atoms with E-state index in [4.69, 9.17) is 9.84 Å². The summed E-state index contributed by atoms with van der Waals surface area (Å²) in [6.45, 7) is 8.22. The molecule has 0 aromatic rings. The van der Waals surface area contributed by atoms with Gasteiger partial charge in [-0.3, -0.25) is 0 Å². The van der Waals surface area contributed by atoms with Crippen molar-refractivity contribution in [2.75, 3.05) is 13.2 Å². The maximum absolute atomic E-state index is 7.44. The average molecular weight is 119 g/mol. The van der Waals surface area contributed by atoms with Crippen LogP contribution >= 0.6 is 0 Å². The van der Waals surface area contributed by atoms with Crippen LogP contribution in [0.4, 0.5) is 0 Å². The van der Waals surface area contributed by atoms with Crippen molar-refractivity contribution in [2.24, 2.45) is 0 Å². The van der Waals surface area contributed by atoms with Crippen LogP contribution in [0.3, 0.4) is 0 Å². The minimum Gasteiger partial charge on any atom is -0.391 e. The molecule has 2 nitrogen and oxygen atoms in total. The highest BCUT2D eigenvalue weighted by Gasteiger charge is 1.64. The van der Waals surface area contributed by atoms with Gasteiger partial charge in [-0.2, -0.15) is 0 Å². The van der Waals surface area contributed by atoms with Crippen molar-refractivity contribution in [3.05, 3.63) is 6.61 Å². The Morgan fingerprint density at radius 2 is 1.62 bits per heavy atom. The van der Waals surface area contributed by atoms with E-state index in [9.17, 15) is 0 Å². The molecule has 0 spiro atoms. The SMILES string of the molecule is CCOCC.C[CH]O. The van der Waals surface area contributed by atoms with Crippen LogP contribution in [-0.4, -0.2) is 18.3 Å². The topological polar surface area (TPSA) is 29.5 Å². The van der Waals surface area contributed by atoms with E-state index in [1.807, 2.05) is 13.8 Å². The first-order valence-electron chi connectivity index (χ1n) is 2.83. The normalized spacial score (nSPS) is 7.50. The summed E-state index contributed by atoms with van der Waals surface area (Å²) < 4.78 is 4.83. The first-order valence-corrected chi connectivity index (χ1v) is 2.83. The number of ether oxygens (including phenoxy) is 1. The van der Waals surface area contributed by atoms with Crippen LogP contribution in [0.1, 0.15) is 20.8 Å². The Bertz CT molecular complexity index is 20.5. The van der Waals surface area contributed by atoms with Gasteiger partial charge in [0.1, 0.15) is 0 Å². The van der Waals surface area contributed by atoms with Crippen molar-refractivity contribution < 1.29 is 9.84 Å². The largest absolute Gasteiger partial charge is 0.391 e. The zero-order chi connectivity index (χ0) is 6.83. The highest BCUT2D eigenvalue weighted by Crippen LogP contribution is 1.64. The lowest BCUT2D eigenvalue weighted by Crippen LogP contribution is -1.84. The van der Waals surface area contributed by atoms with E-state index >= 15 is 0 Å². The van der Waals surface area contributed by atoms with Gasteiger partial charge >= 0.3 is 0 Å². The van der Waals surface area contributed by atoms with E-state index in [0.717, 1.165) is 19.8 Å². The zero-order valence-electron chi connectivity index (χ0n) is 5.85. The molecule has 51 valence electrons. The number of aliphatic hydroxyl groups is 1. The number of rotatable bonds is 2. The predicted octanol–water partition coefficient (Wildman–Crippen LogP) is 1.58. The van der Waals surface area contributed by atoms with Gasteiger partial charge in [0.15, 0.2) is 0 Å². The fourth-order valence-electron chi connectivity index (χ4n) is 0.204. The quantitative estimate of drug-likeness (QED) is 0.598. The molecule has 1 radical (unpaired) electrons. The molecular weight excluding hydrogens is 104 g/mol. The van der Waals surface area contributed by atoms with Gasteiger partial charge in [0.2, 0.25) is 0 Å². The van der Waals surface area contributed by atoms with Crippen LogP contribution in [0.15, 0.2) is 0 Å². The lowest BCUT2D eigenvalue weighted by molar-refractivity contribution is 0.162. The second-order valence-corrected chi connectivity index (χ2v) is 1.04. The highest BCUT2D eigenvalue weighted by atomic mass is 16.5. The molecule has 0 atom stereocenters. The van der Waals surface area contributed by atoms with Crippen LogP contribution in [0, 0.1) is 6.61 Å². The van der Waals surface area contributed by atoms with Gasteiger partial charge in [0.25, 0.3) is 0 Å².